The van der Waals surface area contributed by atoms with Gasteiger partial charge in [0.2, 0.25) is 0 Å². The molecule has 92 valence electrons. The number of hydrogen-bond donors (Lipinski definition) is 2. The van der Waals surface area contributed by atoms with Crippen molar-refractivity contribution in [1.82, 2.24) is 9.97 Å². The molecule has 0 spiro atoms. The Morgan fingerprint density at radius 2 is 2.33 bits per heavy atom. The largest absolute Gasteiger partial charge is 0.423 e. The fourth-order valence-electron chi connectivity index (χ4n) is 1.70. The quantitative estimate of drug-likeness (QED) is 0.705. The SMILES string of the molecule is Nc1cccc2oc(NCCc3nccs3)nc12. The molecule has 0 atom stereocenters. The molecule has 0 aliphatic carbocycles. The monoisotopic (exact) mass is 260 g/mol. The minimum Gasteiger partial charge on any atom is -0.423 e. The number of oxazole rings is 1. The van der Waals surface area contributed by atoms with Crippen LogP contribution in [0.4, 0.5) is 11.7 Å². The summed E-state index contributed by atoms with van der Waals surface area (Å²) in [5.41, 5.74) is 7.85. The number of rotatable bonds is 4. The zero-order valence-corrected chi connectivity index (χ0v) is 10.4. The predicted molar refractivity (Wildman–Crippen MR) is 72.7 cm³/mol. The molecule has 0 bridgehead atoms. The number of thiazole rings is 1. The van der Waals surface area contributed by atoms with Crippen LogP contribution in [0.15, 0.2) is 34.2 Å². The Bertz CT molecular complexity index is 647. The maximum absolute atomic E-state index is 5.82. The lowest BCUT2D eigenvalue weighted by Gasteiger charge is -1.97. The number of nitrogens with two attached hydrogens (primary N) is 1. The van der Waals surface area contributed by atoms with E-state index < -0.39 is 0 Å². The third-order valence-corrected chi connectivity index (χ3v) is 3.39. The first kappa shape index (κ1) is 11.0. The number of para-hydroxylation sites is 1. The molecule has 18 heavy (non-hydrogen) atoms. The van der Waals surface area contributed by atoms with Gasteiger partial charge in [-0.25, -0.2) is 4.98 Å². The highest BCUT2D eigenvalue weighted by Crippen LogP contribution is 2.23. The molecule has 0 radical (unpaired) electrons. The van der Waals surface area contributed by atoms with E-state index in [9.17, 15) is 0 Å². The average Bonchev–Trinajstić information content (AvgIpc) is 2.98. The van der Waals surface area contributed by atoms with Gasteiger partial charge < -0.3 is 15.5 Å². The van der Waals surface area contributed by atoms with Crippen LogP contribution >= 0.6 is 11.3 Å². The molecule has 0 fully saturated rings. The lowest BCUT2D eigenvalue weighted by Crippen LogP contribution is -2.04. The van der Waals surface area contributed by atoms with Crippen molar-refractivity contribution in [3.8, 4) is 0 Å². The van der Waals surface area contributed by atoms with Gasteiger partial charge in [0.15, 0.2) is 5.58 Å². The van der Waals surface area contributed by atoms with Gasteiger partial charge in [-0.1, -0.05) is 6.07 Å². The van der Waals surface area contributed by atoms with E-state index in [4.69, 9.17) is 10.2 Å². The summed E-state index contributed by atoms with van der Waals surface area (Å²) in [7, 11) is 0. The molecular formula is C12H12N4OS. The molecule has 5 nitrogen and oxygen atoms in total. The van der Waals surface area contributed by atoms with Crippen LogP contribution in [-0.2, 0) is 6.42 Å². The maximum atomic E-state index is 5.82. The summed E-state index contributed by atoms with van der Waals surface area (Å²) in [4.78, 5) is 8.52. The van der Waals surface area contributed by atoms with Gasteiger partial charge in [0.25, 0.3) is 6.01 Å². The van der Waals surface area contributed by atoms with E-state index in [1.165, 1.54) is 0 Å². The van der Waals surface area contributed by atoms with Crippen molar-refractivity contribution >= 4 is 34.1 Å². The fraction of sp³-hybridized carbons (Fsp3) is 0.167. The van der Waals surface area contributed by atoms with Crippen molar-refractivity contribution in [1.29, 1.82) is 0 Å². The normalized spacial score (nSPS) is 10.9. The van der Waals surface area contributed by atoms with Crippen molar-refractivity contribution in [2.75, 3.05) is 17.6 Å². The van der Waals surface area contributed by atoms with Crippen LogP contribution in [0, 0.1) is 0 Å². The molecule has 2 heterocycles. The summed E-state index contributed by atoms with van der Waals surface area (Å²) in [6.45, 7) is 0.736. The number of benzene rings is 1. The van der Waals surface area contributed by atoms with E-state index in [1.54, 1.807) is 17.5 Å². The van der Waals surface area contributed by atoms with Crippen molar-refractivity contribution < 1.29 is 4.42 Å². The molecular weight excluding hydrogens is 248 g/mol. The van der Waals surface area contributed by atoms with E-state index in [0.29, 0.717) is 22.8 Å². The topological polar surface area (TPSA) is 77.0 Å². The Hall–Kier alpha value is -2.08. The van der Waals surface area contributed by atoms with E-state index in [2.05, 4.69) is 15.3 Å². The van der Waals surface area contributed by atoms with Crippen LogP contribution in [-0.4, -0.2) is 16.5 Å². The van der Waals surface area contributed by atoms with Gasteiger partial charge in [0.1, 0.15) is 5.52 Å². The van der Waals surface area contributed by atoms with Gasteiger partial charge in [-0.3, -0.25) is 0 Å². The second-order valence-electron chi connectivity index (χ2n) is 3.82. The Labute approximate surface area is 108 Å². The molecule has 0 amide bonds. The Balaban J connectivity index is 1.69. The molecule has 2 aromatic heterocycles. The zero-order chi connectivity index (χ0) is 12.4. The number of anilines is 2. The zero-order valence-electron chi connectivity index (χ0n) is 9.59. The highest BCUT2D eigenvalue weighted by molar-refractivity contribution is 7.09. The van der Waals surface area contributed by atoms with Gasteiger partial charge in [-0.2, -0.15) is 4.98 Å². The van der Waals surface area contributed by atoms with Gasteiger partial charge >= 0.3 is 0 Å². The summed E-state index contributed by atoms with van der Waals surface area (Å²) < 4.78 is 5.55. The Morgan fingerprint density at radius 3 is 3.11 bits per heavy atom. The first-order valence-corrected chi connectivity index (χ1v) is 6.48. The standard InChI is InChI=1S/C12H12N4OS/c13-8-2-1-3-9-11(8)16-12(17-9)15-5-4-10-14-6-7-18-10/h1-3,6-7H,4-5,13H2,(H,15,16). The number of aromatic nitrogens is 2. The van der Waals surface area contributed by atoms with Crippen LogP contribution in [0.5, 0.6) is 0 Å². The molecule has 6 heteroatoms. The van der Waals surface area contributed by atoms with Crippen molar-refractivity contribution in [3.63, 3.8) is 0 Å². The summed E-state index contributed by atoms with van der Waals surface area (Å²) in [6.07, 6.45) is 2.66. The summed E-state index contributed by atoms with van der Waals surface area (Å²) in [5, 5.41) is 6.20. The molecule has 0 unspecified atom stereocenters. The minimum atomic E-state index is 0.499. The number of nitrogen functional groups attached to an aromatic ring is 1. The van der Waals surface area contributed by atoms with E-state index in [1.807, 2.05) is 23.6 Å². The number of fused-ring (bicyclic) bond motifs is 1. The lowest BCUT2D eigenvalue weighted by atomic mass is 10.3. The van der Waals surface area contributed by atoms with Gasteiger partial charge in [-0.05, 0) is 12.1 Å². The van der Waals surface area contributed by atoms with Crippen LogP contribution in [0.25, 0.3) is 11.1 Å². The molecule has 3 rings (SSSR count). The molecule has 1 aromatic carbocycles. The first-order chi connectivity index (χ1) is 8.83. The lowest BCUT2D eigenvalue weighted by molar-refractivity contribution is 0.614. The van der Waals surface area contributed by atoms with Crippen molar-refractivity contribution in [3.05, 3.63) is 34.8 Å². The summed E-state index contributed by atoms with van der Waals surface area (Å²) in [5.74, 6) is 0. The number of hydrogen-bond acceptors (Lipinski definition) is 6. The predicted octanol–water partition coefficient (Wildman–Crippen LogP) is 2.52. The van der Waals surface area contributed by atoms with Gasteiger partial charge in [-0.15, -0.1) is 11.3 Å². The van der Waals surface area contributed by atoms with Gasteiger partial charge in [0.05, 0.1) is 10.7 Å². The fourth-order valence-corrected chi connectivity index (χ4v) is 2.32. The van der Waals surface area contributed by atoms with Crippen LogP contribution < -0.4 is 11.1 Å². The third kappa shape index (κ3) is 2.14. The average molecular weight is 260 g/mol. The van der Waals surface area contributed by atoms with Crippen LogP contribution in [0.3, 0.4) is 0 Å². The van der Waals surface area contributed by atoms with Gasteiger partial charge in [0, 0.05) is 24.5 Å². The van der Waals surface area contributed by atoms with Crippen LogP contribution in [0.2, 0.25) is 0 Å². The molecule has 0 saturated heterocycles. The summed E-state index contributed by atoms with van der Waals surface area (Å²) >= 11 is 1.64. The Kier molecular flexibility index (Phi) is 2.85. The minimum absolute atomic E-state index is 0.499. The number of nitrogens with zero attached hydrogens (tertiary/aromatic N) is 2. The Morgan fingerprint density at radius 1 is 1.39 bits per heavy atom. The molecule has 0 aliphatic rings. The first-order valence-electron chi connectivity index (χ1n) is 5.60. The van der Waals surface area contributed by atoms with E-state index in [0.717, 1.165) is 18.0 Å². The molecule has 3 N–H and O–H groups in total. The maximum Gasteiger partial charge on any atom is 0.295 e. The summed E-state index contributed by atoms with van der Waals surface area (Å²) in [6, 6.07) is 6.01. The second kappa shape index (κ2) is 4.66. The highest BCUT2D eigenvalue weighted by Gasteiger charge is 2.07. The second-order valence-corrected chi connectivity index (χ2v) is 4.79. The van der Waals surface area contributed by atoms with Crippen molar-refractivity contribution in [2.45, 2.75) is 6.42 Å². The number of nitrogens with one attached hydrogen (secondary N) is 1. The van der Waals surface area contributed by atoms with Crippen LogP contribution in [0.1, 0.15) is 5.01 Å². The smallest absolute Gasteiger partial charge is 0.295 e. The van der Waals surface area contributed by atoms with E-state index in [-0.39, 0.29) is 0 Å². The highest BCUT2D eigenvalue weighted by atomic mass is 32.1. The van der Waals surface area contributed by atoms with E-state index >= 15 is 0 Å². The molecule has 0 saturated carbocycles. The molecule has 3 aromatic rings. The van der Waals surface area contributed by atoms with Crippen molar-refractivity contribution in [2.24, 2.45) is 0 Å². The third-order valence-electron chi connectivity index (χ3n) is 2.55. The molecule has 0 aliphatic heterocycles.